The molecule has 0 radical (unpaired) electrons. The lowest BCUT2D eigenvalue weighted by Crippen LogP contribution is -2.44. The van der Waals surface area contributed by atoms with E-state index >= 15 is 0 Å². The van der Waals surface area contributed by atoms with E-state index in [2.05, 4.69) is 20.8 Å². The average Bonchev–Trinajstić information content (AvgIpc) is 2.97. The molecule has 1 aromatic rings. The molecule has 2 fully saturated rings. The number of hydrogen-bond donors (Lipinski definition) is 0. The molecule has 0 saturated heterocycles. The molecule has 21 heavy (non-hydrogen) atoms. The number of ketones is 2. The molecule has 0 spiro atoms. The summed E-state index contributed by atoms with van der Waals surface area (Å²) < 4.78 is 0. The number of rotatable bonds is 1. The lowest BCUT2D eigenvalue weighted by Gasteiger charge is -2.39. The fraction of sp³-hybridized carbons (Fsp3) is 0.579. The molecule has 4 unspecified atom stereocenters. The Balaban J connectivity index is 1.93. The van der Waals surface area contributed by atoms with Crippen molar-refractivity contribution in [2.45, 2.75) is 46.0 Å². The van der Waals surface area contributed by atoms with Crippen molar-refractivity contribution in [3.8, 4) is 0 Å². The van der Waals surface area contributed by atoms with Gasteiger partial charge in [0.15, 0.2) is 11.6 Å². The van der Waals surface area contributed by atoms with Gasteiger partial charge in [0.1, 0.15) is 0 Å². The highest BCUT2D eigenvalue weighted by Gasteiger charge is 2.62. The molecule has 0 N–H and O–H groups in total. The number of fused-ring (bicyclic) bond motifs is 6. The van der Waals surface area contributed by atoms with Crippen LogP contribution in [0.4, 0.5) is 0 Å². The van der Waals surface area contributed by atoms with Gasteiger partial charge < -0.3 is 0 Å². The van der Waals surface area contributed by atoms with Crippen molar-refractivity contribution in [1.82, 2.24) is 0 Å². The molecule has 1 aromatic carbocycles. The Morgan fingerprint density at radius 2 is 1.95 bits per heavy atom. The first-order chi connectivity index (χ1) is 9.94. The molecule has 3 aliphatic rings. The molecule has 0 amide bonds. The topological polar surface area (TPSA) is 34.1 Å². The summed E-state index contributed by atoms with van der Waals surface area (Å²) in [6.07, 6.45) is 3.29. The second-order valence-corrected chi connectivity index (χ2v) is 7.81. The fourth-order valence-electron chi connectivity index (χ4n) is 5.32. The number of Topliss-reactive ketones (excluding diaryl/α,β-unsaturated/α-hetero) is 2. The summed E-state index contributed by atoms with van der Waals surface area (Å²) in [6.45, 7) is 6.42. The summed E-state index contributed by atoms with van der Waals surface area (Å²) >= 11 is 0. The minimum Gasteiger partial charge on any atom is -0.294 e. The van der Waals surface area contributed by atoms with E-state index in [1.54, 1.807) is 0 Å². The van der Waals surface area contributed by atoms with Crippen LogP contribution in [0.2, 0.25) is 0 Å². The molecular weight excluding hydrogens is 260 g/mol. The van der Waals surface area contributed by atoms with Crippen molar-refractivity contribution in [3.05, 3.63) is 34.9 Å². The van der Waals surface area contributed by atoms with E-state index in [1.165, 1.54) is 0 Å². The fourth-order valence-corrected chi connectivity index (χ4v) is 5.32. The van der Waals surface area contributed by atoms with E-state index in [9.17, 15) is 9.59 Å². The van der Waals surface area contributed by atoms with E-state index in [1.807, 2.05) is 18.2 Å². The second kappa shape index (κ2) is 4.06. The van der Waals surface area contributed by atoms with E-state index in [4.69, 9.17) is 0 Å². The number of benzene rings is 1. The Morgan fingerprint density at radius 1 is 1.19 bits per heavy atom. The number of carbonyl (C=O) groups is 2. The van der Waals surface area contributed by atoms with Crippen LogP contribution in [0.15, 0.2) is 18.2 Å². The van der Waals surface area contributed by atoms with Crippen molar-refractivity contribution in [1.29, 1.82) is 0 Å². The highest BCUT2D eigenvalue weighted by atomic mass is 16.1. The third-order valence-corrected chi connectivity index (χ3v) is 6.25. The highest BCUT2D eigenvalue weighted by Crippen LogP contribution is 2.63. The van der Waals surface area contributed by atoms with Gasteiger partial charge in [0.2, 0.25) is 0 Å². The van der Waals surface area contributed by atoms with Crippen molar-refractivity contribution in [3.63, 3.8) is 0 Å². The molecular formula is C19H22O2. The maximum atomic E-state index is 13.1. The number of carbonyl (C=O) groups excluding carboxylic acids is 2. The quantitative estimate of drug-likeness (QED) is 0.772. The zero-order chi connectivity index (χ0) is 14.9. The molecule has 0 aromatic heterocycles. The smallest absolute Gasteiger partial charge is 0.167 e. The van der Waals surface area contributed by atoms with Crippen LogP contribution in [-0.2, 0) is 0 Å². The summed E-state index contributed by atoms with van der Waals surface area (Å²) in [5, 5.41) is 0. The van der Waals surface area contributed by atoms with Gasteiger partial charge in [0.05, 0.1) is 0 Å². The van der Waals surface area contributed by atoms with Crippen LogP contribution in [0.25, 0.3) is 0 Å². The second-order valence-electron chi connectivity index (χ2n) is 7.81. The minimum atomic E-state index is -0.0568. The molecule has 2 bridgehead atoms. The molecule has 3 aliphatic carbocycles. The predicted molar refractivity (Wildman–Crippen MR) is 81.6 cm³/mol. The Hall–Kier alpha value is -1.44. The summed E-state index contributed by atoms with van der Waals surface area (Å²) in [5.41, 5.74) is 2.56. The normalized spacial score (nSPS) is 37.0. The molecule has 110 valence electrons. The SMILES string of the molecule is CC(C)c1cccc2c1C(=O)C1C3CCC(C)(C3)C1C2=O. The summed E-state index contributed by atoms with van der Waals surface area (Å²) in [6, 6.07) is 5.83. The van der Waals surface area contributed by atoms with Crippen LogP contribution in [0.5, 0.6) is 0 Å². The van der Waals surface area contributed by atoms with Crippen LogP contribution >= 0.6 is 0 Å². The van der Waals surface area contributed by atoms with Crippen LogP contribution < -0.4 is 0 Å². The van der Waals surface area contributed by atoms with E-state index < -0.39 is 0 Å². The molecule has 2 heteroatoms. The molecule has 4 atom stereocenters. The molecule has 4 rings (SSSR count). The van der Waals surface area contributed by atoms with Gasteiger partial charge in [-0.2, -0.15) is 0 Å². The third kappa shape index (κ3) is 1.54. The zero-order valence-corrected chi connectivity index (χ0v) is 13.0. The van der Waals surface area contributed by atoms with Gasteiger partial charge in [-0.3, -0.25) is 9.59 Å². The standard InChI is InChI=1S/C19H22O2/c1-10(2)12-5-4-6-13-15(12)18(21)14-11-7-8-19(3,9-11)16(14)17(13)20/h4-6,10-11,14,16H,7-9H2,1-3H3. The van der Waals surface area contributed by atoms with E-state index in [0.29, 0.717) is 11.5 Å². The molecule has 0 heterocycles. The van der Waals surface area contributed by atoms with Gasteiger partial charge in [-0.15, -0.1) is 0 Å². The van der Waals surface area contributed by atoms with Gasteiger partial charge in [-0.1, -0.05) is 39.0 Å². The highest BCUT2D eigenvalue weighted by molar-refractivity contribution is 6.17. The maximum Gasteiger partial charge on any atom is 0.167 e. The Labute approximate surface area is 125 Å². The van der Waals surface area contributed by atoms with E-state index in [-0.39, 0.29) is 34.7 Å². The van der Waals surface area contributed by atoms with Crippen LogP contribution in [0.1, 0.15) is 72.2 Å². The van der Waals surface area contributed by atoms with E-state index in [0.717, 1.165) is 30.4 Å². The monoisotopic (exact) mass is 282 g/mol. The van der Waals surface area contributed by atoms with Crippen LogP contribution in [-0.4, -0.2) is 11.6 Å². The van der Waals surface area contributed by atoms with Crippen LogP contribution in [0.3, 0.4) is 0 Å². The molecule has 2 nitrogen and oxygen atoms in total. The summed E-state index contributed by atoms with van der Waals surface area (Å²) in [5.74, 6) is 1.11. The zero-order valence-electron chi connectivity index (χ0n) is 13.0. The molecule has 0 aliphatic heterocycles. The minimum absolute atomic E-state index is 0.0383. The summed E-state index contributed by atoms with van der Waals surface area (Å²) in [7, 11) is 0. The Morgan fingerprint density at radius 3 is 2.67 bits per heavy atom. The predicted octanol–water partition coefficient (Wildman–Crippen LogP) is 4.24. The first-order valence-corrected chi connectivity index (χ1v) is 8.15. The van der Waals surface area contributed by atoms with Crippen LogP contribution in [0, 0.1) is 23.2 Å². The summed E-state index contributed by atoms with van der Waals surface area (Å²) in [4.78, 5) is 26.2. The van der Waals surface area contributed by atoms with Crippen molar-refractivity contribution in [2.24, 2.45) is 23.2 Å². The maximum absolute atomic E-state index is 13.1. The average molecular weight is 282 g/mol. The van der Waals surface area contributed by atoms with Gasteiger partial charge in [-0.05, 0) is 42.1 Å². The van der Waals surface area contributed by atoms with Crippen molar-refractivity contribution in [2.75, 3.05) is 0 Å². The number of hydrogen-bond acceptors (Lipinski definition) is 2. The first-order valence-electron chi connectivity index (χ1n) is 8.15. The van der Waals surface area contributed by atoms with Gasteiger partial charge >= 0.3 is 0 Å². The first kappa shape index (κ1) is 13.2. The van der Waals surface area contributed by atoms with Gasteiger partial charge in [-0.25, -0.2) is 0 Å². The van der Waals surface area contributed by atoms with Gasteiger partial charge in [0, 0.05) is 23.0 Å². The Bertz CT molecular complexity index is 658. The molecule has 2 saturated carbocycles. The largest absolute Gasteiger partial charge is 0.294 e. The van der Waals surface area contributed by atoms with Crippen molar-refractivity contribution >= 4 is 11.6 Å². The lowest BCUT2D eigenvalue weighted by atomic mass is 9.62. The third-order valence-electron chi connectivity index (χ3n) is 6.25. The van der Waals surface area contributed by atoms with Gasteiger partial charge in [0.25, 0.3) is 0 Å². The lowest BCUT2D eigenvalue weighted by molar-refractivity contribution is 0.0571. The Kier molecular flexibility index (Phi) is 2.56. The van der Waals surface area contributed by atoms with Crippen molar-refractivity contribution < 1.29 is 9.59 Å².